The predicted octanol–water partition coefficient (Wildman–Crippen LogP) is -5.31. The maximum Gasteiger partial charge on any atom is 1.00 e. The van der Waals surface area contributed by atoms with E-state index in [9.17, 15) is 19.8 Å². The van der Waals surface area contributed by atoms with Crippen molar-refractivity contribution in [2.45, 2.75) is 9.79 Å². The Bertz CT molecular complexity index is 546. The molecule has 0 amide bonds. The second kappa shape index (κ2) is 12.5. The van der Waals surface area contributed by atoms with Gasteiger partial charge in [-0.25, -0.2) is 0 Å². The molecule has 8 heteroatoms. The summed E-state index contributed by atoms with van der Waals surface area (Å²) in [6.07, 6.45) is 0. The number of carboxylic acids is 2. The van der Waals surface area contributed by atoms with Crippen LogP contribution in [0.25, 0.3) is 0 Å². The van der Waals surface area contributed by atoms with Crippen molar-refractivity contribution in [2.75, 3.05) is 0 Å². The molecule has 0 aromatic heterocycles. The molecule has 0 unspecified atom stereocenters. The first-order valence-electron chi connectivity index (χ1n) is 5.41. The van der Waals surface area contributed by atoms with Crippen LogP contribution in [0.15, 0.2) is 58.3 Å². The monoisotopic (exact) mass is 352 g/mol. The van der Waals surface area contributed by atoms with Gasteiger partial charge in [0.1, 0.15) is 0 Å². The standard InChI is InChI=1S/2C7H6O2S.2Na/c2*8-7(9)5-1-3-6(10)4-2-5;;/h2*1-4,10H,(H,8,9);;/q;;2*+1/p-2. The van der Waals surface area contributed by atoms with Crippen LogP contribution in [0, 0.1) is 0 Å². The Morgan fingerprint density at radius 1 is 0.636 bits per heavy atom. The van der Waals surface area contributed by atoms with E-state index in [1.54, 1.807) is 24.3 Å². The number of carbonyl (C=O) groups is 2. The first kappa shape index (κ1) is 24.3. The van der Waals surface area contributed by atoms with E-state index < -0.39 is 11.9 Å². The molecule has 0 saturated carbocycles. The molecular formula is C14H10Na2O4S2. The third-order valence-corrected chi connectivity index (χ3v) is 2.80. The van der Waals surface area contributed by atoms with E-state index in [4.69, 9.17) is 0 Å². The van der Waals surface area contributed by atoms with Gasteiger partial charge in [0.25, 0.3) is 0 Å². The van der Waals surface area contributed by atoms with E-state index in [2.05, 4.69) is 25.3 Å². The minimum Gasteiger partial charge on any atom is -0.545 e. The fourth-order valence-electron chi connectivity index (χ4n) is 1.20. The Kier molecular flexibility index (Phi) is 13.8. The van der Waals surface area contributed by atoms with Gasteiger partial charge in [0.15, 0.2) is 0 Å². The number of carbonyl (C=O) groups excluding carboxylic acids is 2. The molecule has 0 saturated heterocycles. The van der Waals surface area contributed by atoms with Crippen LogP contribution in [0.1, 0.15) is 20.7 Å². The molecule has 104 valence electrons. The summed E-state index contributed by atoms with van der Waals surface area (Å²) in [6, 6.07) is 12.2. The third kappa shape index (κ3) is 9.27. The van der Waals surface area contributed by atoms with Gasteiger partial charge in [0, 0.05) is 9.79 Å². The second-order valence-electron chi connectivity index (χ2n) is 3.67. The average molecular weight is 352 g/mol. The summed E-state index contributed by atoms with van der Waals surface area (Å²) < 4.78 is 0. The maximum absolute atomic E-state index is 10.2. The fourth-order valence-corrected chi connectivity index (χ4v) is 1.49. The molecule has 0 heterocycles. The Morgan fingerprint density at radius 3 is 1.05 bits per heavy atom. The van der Waals surface area contributed by atoms with Crippen molar-refractivity contribution in [1.82, 2.24) is 0 Å². The van der Waals surface area contributed by atoms with Crippen molar-refractivity contribution >= 4 is 37.2 Å². The molecule has 0 atom stereocenters. The van der Waals surface area contributed by atoms with E-state index in [0.29, 0.717) is 0 Å². The molecule has 2 aromatic rings. The molecule has 0 N–H and O–H groups in total. The Hall–Kier alpha value is 0.0800. The van der Waals surface area contributed by atoms with Crippen LogP contribution in [0.2, 0.25) is 0 Å². The van der Waals surface area contributed by atoms with Gasteiger partial charge in [-0.2, -0.15) is 0 Å². The molecule has 4 nitrogen and oxygen atoms in total. The minimum absolute atomic E-state index is 0. The van der Waals surface area contributed by atoms with Gasteiger partial charge >= 0.3 is 59.1 Å². The van der Waals surface area contributed by atoms with Gasteiger partial charge < -0.3 is 19.8 Å². The largest absolute Gasteiger partial charge is 1.00 e. The topological polar surface area (TPSA) is 80.3 Å². The molecule has 0 bridgehead atoms. The molecule has 2 aromatic carbocycles. The molecule has 0 aliphatic heterocycles. The van der Waals surface area contributed by atoms with Crippen molar-refractivity contribution in [3.63, 3.8) is 0 Å². The number of thiol groups is 2. The van der Waals surface area contributed by atoms with E-state index in [1.807, 2.05) is 0 Å². The van der Waals surface area contributed by atoms with Crippen LogP contribution in [0.3, 0.4) is 0 Å². The van der Waals surface area contributed by atoms with E-state index in [1.165, 1.54) is 24.3 Å². The first-order chi connectivity index (χ1) is 9.40. The summed E-state index contributed by atoms with van der Waals surface area (Å²) >= 11 is 7.97. The van der Waals surface area contributed by atoms with Gasteiger partial charge in [-0.05, 0) is 35.4 Å². The van der Waals surface area contributed by atoms with Crippen LogP contribution in [-0.4, -0.2) is 11.9 Å². The number of hydrogen-bond donors (Lipinski definition) is 2. The molecular weight excluding hydrogens is 342 g/mol. The minimum atomic E-state index is -1.16. The Morgan fingerprint density at radius 2 is 0.864 bits per heavy atom. The van der Waals surface area contributed by atoms with Crippen molar-refractivity contribution in [1.29, 1.82) is 0 Å². The van der Waals surface area contributed by atoms with Gasteiger partial charge in [0.05, 0.1) is 11.9 Å². The average Bonchev–Trinajstić information content (AvgIpc) is 2.40. The third-order valence-electron chi connectivity index (χ3n) is 2.21. The molecule has 0 spiro atoms. The van der Waals surface area contributed by atoms with Crippen LogP contribution >= 0.6 is 25.3 Å². The van der Waals surface area contributed by atoms with E-state index in [-0.39, 0.29) is 70.2 Å². The first-order valence-corrected chi connectivity index (χ1v) is 6.30. The SMILES string of the molecule is O=C([O-])c1ccc(S)cc1.O=C([O-])c1ccc(S)cc1.[Na+].[Na+]. The van der Waals surface area contributed by atoms with Gasteiger partial charge in [0.2, 0.25) is 0 Å². The number of hydrogen-bond acceptors (Lipinski definition) is 6. The fraction of sp³-hybridized carbons (Fsp3) is 0. The van der Waals surface area contributed by atoms with Crippen LogP contribution in [-0.2, 0) is 0 Å². The summed E-state index contributed by atoms with van der Waals surface area (Å²) in [5, 5.41) is 20.4. The normalized spacial score (nSPS) is 8.45. The molecule has 2 rings (SSSR count). The van der Waals surface area contributed by atoms with E-state index in [0.717, 1.165) is 9.79 Å². The molecule has 0 aliphatic rings. The van der Waals surface area contributed by atoms with Crippen LogP contribution in [0.5, 0.6) is 0 Å². The van der Waals surface area contributed by atoms with Crippen molar-refractivity contribution in [3.8, 4) is 0 Å². The Labute approximate surface area is 183 Å². The van der Waals surface area contributed by atoms with Crippen molar-refractivity contribution in [3.05, 3.63) is 59.7 Å². The zero-order valence-corrected chi connectivity index (χ0v) is 17.9. The van der Waals surface area contributed by atoms with Crippen LogP contribution in [0.4, 0.5) is 0 Å². The smallest absolute Gasteiger partial charge is 0.545 e. The molecule has 22 heavy (non-hydrogen) atoms. The molecule has 0 fully saturated rings. The summed E-state index contributed by atoms with van der Waals surface area (Å²) in [5.74, 6) is -2.32. The summed E-state index contributed by atoms with van der Waals surface area (Å²) in [6.45, 7) is 0. The molecule has 0 radical (unpaired) electrons. The number of carboxylic acid groups (broad SMARTS) is 2. The Balaban J connectivity index is 0. The zero-order valence-electron chi connectivity index (χ0n) is 12.1. The number of rotatable bonds is 2. The summed E-state index contributed by atoms with van der Waals surface area (Å²) in [4.78, 5) is 21.8. The van der Waals surface area contributed by atoms with E-state index >= 15 is 0 Å². The van der Waals surface area contributed by atoms with Gasteiger partial charge in [-0.1, -0.05) is 24.3 Å². The van der Waals surface area contributed by atoms with Gasteiger partial charge in [-0.3, -0.25) is 0 Å². The van der Waals surface area contributed by atoms with Gasteiger partial charge in [-0.15, -0.1) is 25.3 Å². The maximum atomic E-state index is 10.2. The van der Waals surface area contributed by atoms with Crippen molar-refractivity contribution < 1.29 is 78.9 Å². The summed E-state index contributed by atoms with van der Waals surface area (Å²) in [5.41, 5.74) is 0.357. The zero-order chi connectivity index (χ0) is 15.1. The van der Waals surface area contributed by atoms with Crippen molar-refractivity contribution in [2.24, 2.45) is 0 Å². The molecule has 0 aliphatic carbocycles. The summed E-state index contributed by atoms with van der Waals surface area (Å²) in [7, 11) is 0. The number of aromatic carboxylic acids is 2. The predicted molar refractivity (Wildman–Crippen MR) is 76.0 cm³/mol. The number of benzene rings is 2. The second-order valence-corrected chi connectivity index (χ2v) is 4.70. The van der Waals surface area contributed by atoms with Crippen LogP contribution < -0.4 is 69.3 Å². The quantitative estimate of drug-likeness (QED) is 0.418.